The van der Waals surface area contributed by atoms with Crippen molar-refractivity contribution in [2.75, 3.05) is 110 Å². The summed E-state index contributed by atoms with van der Waals surface area (Å²) in [6.45, 7) is 10.4. The van der Waals surface area contributed by atoms with Gasteiger partial charge in [-0.1, -0.05) is 61.7 Å². The van der Waals surface area contributed by atoms with Crippen LogP contribution in [0.5, 0.6) is 5.75 Å². The second kappa shape index (κ2) is 31.4. The maximum Gasteiger partial charge on any atom is 0.407 e. The quantitative estimate of drug-likeness (QED) is 0.0409. The molecule has 4 aliphatic rings. The maximum absolute atomic E-state index is 14.3. The summed E-state index contributed by atoms with van der Waals surface area (Å²) in [5.41, 5.74) is 4.26. The lowest BCUT2D eigenvalue weighted by atomic mass is 9.83. The predicted molar refractivity (Wildman–Crippen MR) is 309 cm³/mol. The number of aromatic nitrogens is 4. The van der Waals surface area contributed by atoms with Gasteiger partial charge in [-0.25, -0.2) is 19.4 Å². The monoisotopic (exact) mass is 1110 g/mol. The molecule has 3 N–H and O–H groups in total. The number of ether oxygens (including phenoxy) is 5. The van der Waals surface area contributed by atoms with Crippen LogP contribution in [-0.2, 0) is 41.5 Å². The minimum atomic E-state index is -1.17. The van der Waals surface area contributed by atoms with Crippen molar-refractivity contribution in [1.82, 2.24) is 39.8 Å². The number of carboxylic acid groups (broad SMARTS) is 1. The second-order valence-electron chi connectivity index (χ2n) is 22.5. The van der Waals surface area contributed by atoms with Gasteiger partial charge in [-0.2, -0.15) is 5.10 Å². The van der Waals surface area contributed by atoms with Gasteiger partial charge in [-0.15, -0.1) is 0 Å². The number of likely N-dealkylation sites (tertiary alicyclic amines) is 2. The molecule has 4 aromatic rings. The first-order chi connectivity index (χ1) is 39.0. The average Bonchev–Trinajstić information content (AvgIpc) is 4.16. The SMILES string of the molecule is C[C@@H](C(=O)N[C@H](C(=O)N1CCC2CCN(CCc3ccc(OCCOCCCCCOCCOCCOC4CCC(Nc5nccc(-c6cnn(Cc7ccccc7)c6N(C)C)n5)CC4)cc3)CC21)C1CCCCC1)N(C)C(=O)O. The molecule has 2 aromatic carbocycles. The highest BCUT2D eigenvalue weighted by Crippen LogP contribution is 2.35. The van der Waals surface area contributed by atoms with E-state index in [4.69, 9.17) is 33.8 Å². The number of hydrogen-bond donors (Lipinski definition) is 3. The number of amides is 3. The van der Waals surface area contributed by atoms with Crippen molar-refractivity contribution in [2.45, 2.75) is 140 Å². The number of unbranched alkanes of at least 4 members (excludes halogenated alkanes) is 2. The lowest BCUT2D eigenvalue weighted by molar-refractivity contribution is -0.141. The molecular formula is C61H90N10O9. The molecular weight excluding hydrogens is 1020 g/mol. The number of carbonyl (C=O) groups is 3. The van der Waals surface area contributed by atoms with Gasteiger partial charge in [-0.3, -0.25) is 14.5 Å². The van der Waals surface area contributed by atoms with Gasteiger partial charge in [0.25, 0.3) is 0 Å². The van der Waals surface area contributed by atoms with E-state index >= 15 is 0 Å². The first kappa shape index (κ1) is 60.2. The number of hydrogen-bond acceptors (Lipinski definition) is 14. The summed E-state index contributed by atoms with van der Waals surface area (Å²) < 4.78 is 31.6. The first-order valence-corrected chi connectivity index (χ1v) is 29.7. The van der Waals surface area contributed by atoms with E-state index in [0.717, 1.165) is 144 Å². The number of fused-ring (bicyclic) bond motifs is 1. The maximum atomic E-state index is 14.3. The Morgan fingerprint density at radius 3 is 2.19 bits per heavy atom. The normalized spacial score (nSPS) is 20.4. The van der Waals surface area contributed by atoms with Gasteiger partial charge in [0.1, 0.15) is 30.3 Å². The van der Waals surface area contributed by atoms with Crippen molar-refractivity contribution in [1.29, 1.82) is 0 Å². The van der Waals surface area contributed by atoms with Gasteiger partial charge >= 0.3 is 6.09 Å². The van der Waals surface area contributed by atoms with Crippen molar-refractivity contribution in [3.63, 3.8) is 0 Å². The third-order valence-corrected chi connectivity index (χ3v) is 16.7. The van der Waals surface area contributed by atoms with Crippen molar-refractivity contribution in [3.05, 3.63) is 84.2 Å². The van der Waals surface area contributed by atoms with Gasteiger partial charge in [-0.05, 0) is 132 Å². The van der Waals surface area contributed by atoms with Crippen molar-refractivity contribution < 1.29 is 43.2 Å². The summed E-state index contributed by atoms with van der Waals surface area (Å²) in [7, 11) is 5.46. The van der Waals surface area contributed by atoms with Gasteiger partial charge in [0.15, 0.2) is 0 Å². The summed E-state index contributed by atoms with van der Waals surface area (Å²) in [5, 5.41) is 20.8. The Balaban J connectivity index is 0.611. The fourth-order valence-electron chi connectivity index (χ4n) is 11.9. The third kappa shape index (κ3) is 17.8. The molecule has 19 nitrogen and oxygen atoms in total. The zero-order valence-corrected chi connectivity index (χ0v) is 48.1. The van der Waals surface area contributed by atoms with Crippen molar-refractivity contribution >= 4 is 29.7 Å². The molecule has 2 aliphatic carbocycles. The number of nitrogens with zero attached hydrogens (tertiary/aromatic N) is 8. The van der Waals surface area contributed by atoms with Crippen LogP contribution in [0.15, 0.2) is 73.1 Å². The lowest BCUT2D eigenvalue weighted by Crippen LogP contribution is -2.59. The molecule has 2 unspecified atom stereocenters. The Bertz CT molecular complexity index is 2490. The van der Waals surface area contributed by atoms with Crippen LogP contribution in [-0.4, -0.2) is 188 Å². The minimum absolute atomic E-state index is 0.00160. The number of anilines is 2. The second-order valence-corrected chi connectivity index (χ2v) is 22.5. The van der Waals surface area contributed by atoms with E-state index in [1.54, 1.807) is 6.92 Å². The van der Waals surface area contributed by atoms with Gasteiger partial charge in [0.05, 0.1) is 63.1 Å². The molecule has 0 spiro atoms. The molecule has 0 radical (unpaired) electrons. The van der Waals surface area contributed by atoms with E-state index in [2.05, 4.69) is 61.8 Å². The van der Waals surface area contributed by atoms with Gasteiger partial charge in [0.2, 0.25) is 17.8 Å². The minimum Gasteiger partial charge on any atom is -0.491 e. The highest BCUT2D eigenvalue weighted by Gasteiger charge is 2.44. The van der Waals surface area contributed by atoms with Crippen LogP contribution in [0, 0.1) is 11.8 Å². The Morgan fingerprint density at radius 1 is 0.762 bits per heavy atom. The van der Waals surface area contributed by atoms with Crippen LogP contribution >= 0.6 is 0 Å². The van der Waals surface area contributed by atoms with Crippen molar-refractivity contribution in [2.24, 2.45) is 11.8 Å². The Hall–Kier alpha value is -5.86. The van der Waals surface area contributed by atoms with Crippen LogP contribution in [0.1, 0.15) is 108 Å². The largest absolute Gasteiger partial charge is 0.491 e. The van der Waals surface area contributed by atoms with E-state index < -0.39 is 24.1 Å². The smallest absolute Gasteiger partial charge is 0.407 e. The number of benzene rings is 2. The highest BCUT2D eigenvalue weighted by atomic mass is 16.5. The molecule has 8 rings (SSSR count). The Kier molecular flexibility index (Phi) is 23.6. The van der Waals surface area contributed by atoms with Crippen molar-refractivity contribution in [3.8, 4) is 17.0 Å². The summed E-state index contributed by atoms with van der Waals surface area (Å²) in [5.74, 6) is 2.58. The Morgan fingerprint density at radius 2 is 1.46 bits per heavy atom. The molecule has 2 saturated heterocycles. The highest BCUT2D eigenvalue weighted by molar-refractivity contribution is 5.91. The molecule has 0 bridgehead atoms. The number of rotatable bonds is 31. The van der Waals surface area contributed by atoms with E-state index in [1.165, 1.54) is 18.2 Å². The summed E-state index contributed by atoms with van der Waals surface area (Å²) >= 11 is 0. The average molecular weight is 1110 g/mol. The molecule has 2 aliphatic heterocycles. The molecule has 438 valence electrons. The fourth-order valence-corrected chi connectivity index (χ4v) is 11.9. The number of carbonyl (C=O) groups excluding carboxylic acids is 2. The summed E-state index contributed by atoms with van der Waals surface area (Å²) in [6.07, 6.45) is 17.7. The zero-order valence-electron chi connectivity index (χ0n) is 48.1. The van der Waals surface area contributed by atoms with Gasteiger partial charge < -0.3 is 54.1 Å². The van der Waals surface area contributed by atoms with E-state index in [1.807, 2.05) is 60.3 Å². The van der Waals surface area contributed by atoms with Crippen LogP contribution in [0.3, 0.4) is 0 Å². The molecule has 2 saturated carbocycles. The molecule has 19 heteroatoms. The Labute approximate surface area is 474 Å². The predicted octanol–water partition coefficient (Wildman–Crippen LogP) is 8.02. The first-order valence-electron chi connectivity index (χ1n) is 29.7. The van der Waals surface area contributed by atoms with Crippen LogP contribution in [0.25, 0.3) is 11.3 Å². The molecule has 80 heavy (non-hydrogen) atoms. The number of nitrogens with one attached hydrogen (secondary N) is 2. The van der Waals surface area contributed by atoms with E-state index in [-0.39, 0.29) is 24.0 Å². The lowest BCUT2D eigenvalue weighted by Gasteiger charge is -2.41. The number of piperidine rings is 1. The van der Waals surface area contributed by atoms with Gasteiger partial charge in [0, 0.05) is 72.3 Å². The molecule has 4 atom stereocenters. The summed E-state index contributed by atoms with van der Waals surface area (Å²) in [4.78, 5) is 56.2. The topological polar surface area (TPSA) is 198 Å². The van der Waals surface area contributed by atoms with E-state index in [0.29, 0.717) is 83.9 Å². The molecule has 3 amide bonds. The number of likely N-dealkylation sites (N-methyl/N-ethyl adjacent to an activating group) is 1. The zero-order chi connectivity index (χ0) is 56.1. The third-order valence-electron chi connectivity index (χ3n) is 16.7. The molecule has 4 heterocycles. The van der Waals surface area contributed by atoms with E-state index in [9.17, 15) is 19.5 Å². The van der Waals surface area contributed by atoms with Crippen LogP contribution in [0.2, 0.25) is 0 Å². The molecule has 2 aromatic heterocycles. The fraction of sp³-hybridized carbons (Fsp3) is 0.639. The summed E-state index contributed by atoms with van der Waals surface area (Å²) in [6, 6.07) is 19.5. The van der Waals surface area contributed by atoms with Crippen LogP contribution < -0.4 is 20.3 Å². The standard InChI is InChI=1S/C61H90N10O9/c1-45(68(4)61(74)75)57(72)66-56(49-16-10-6-11-17-49)59(73)70-33-29-48-28-32-69(44-55(48)70)31-27-46-18-22-51(23-19-46)79-40-38-77-35-13-7-12-34-76-36-37-78-39-41-80-52-24-20-50(21-25-52)64-60-62-30-26-54(65-60)53-42-63-71(58(53)67(2)3)43-47-14-8-5-9-15-47/h5,8-9,14-15,18-19,22-23,26,30,42,45,48-50,52,55-56H,6-7,10-13,16-17,20-21,24-25,27-29,31-41,43-44H2,1-4H3,(H,66,72)(H,74,75)(H,62,64,65)/t45-,48?,50?,52?,55?,56-/m0/s1. The molecule has 4 fully saturated rings. The van der Waals surface area contributed by atoms with Crippen LogP contribution in [0.4, 0.5) is 16.6 Å².